The topological polar surface area (TPSA) is 71.5 Å². The molecule has 1 N–H and O–H groups in total. The van der Waals surface area contributed by atoms with Crippen LogP contribution in [0.1, 0.15) is 16.8 Å². The summed E-state index contributed by atoms with van der Waals surface area (Å²) in [5, 5.41) is 0. The summed E-state index contributed by atoms with van der Waals surface area (Å²) in [5.74, 6) is 2.45. The quantitative estimate of drug-likeness (QED) is 0.820. The number of aryl methyl sites for hydroxylation is 1. The van der Waals surface area contributed by atoms with Gasteiger partial charge in [0.2, 0.25) is 0 Å². The second kappa shape index (κ2) is 3.96. The van der Waals surface area contributed by atoms with Gasteiger partial charge in [-0.15, -0.1) is 0 Å². The van der Waals surface area contributed by atoms with Crippen molar-refractivity contribution >= 4 is 11.8 Å². The predicted molar refractivity (Wildman–Crippen MR) is 65.6 cm³/mol. The minimum absolute atomic E-state index is 0.0702. The van der Waals surface area contributed by atoms with Gasteiger partial charge >= 0.3 is 0 Å². The number of rotatable bonds is 1. The van der Waals surface area contributed by atoms with Gasteiger partial charge in [-0.05, 0) is 12.5 Å². The van der Waals surface area contributed by atoms with Crippen LogP contribution in [0.3, 0.4) is 0 Å². The molecule has 0 fully saturated rings. The molecule has 3 heterocycles. The lowest BCUT2D eigenvalue weighted by Crippen LogP contribution is -2.15. The zero-order valence-corrected chi connectivity index (χ0v) is 10.0. The van der Waals surface area contributed by atoms with Crippen LogP contribution in [-0.2, 0) is 11.5 Å². The number of H-pyrrole nitrogens is 1. The van der Waals surface area contributed by atoms with Crippen LogP contribution in [0.2, 0.25) is 0 Å². The number of hydrogen-bond acceptors (Lipinski definition) is 5. The summed E-state index contributed by atoms with van der Waals surface area (Å²) in [4.78, 5) is 27.3. The van der Waals surface area contributed by atoms with Gasteiger partial charge in [0.05, 0.1) is 5.69 Å². The van der Waals surface area contributed by atoms with Crippen molar-refractivity contribution in [3.63, 3.8) is 0 Å². The van der Waals surface area contributed by atoms with Gasteiger partial charge < -0.3 is 4.98 Å². The number of thioether (sulfide) groups is 1. The molecule has 2 aromatic rings. The molecule has 0 unspecified atom stereocenters. The van der Waals surface area contributed by atoms with E-state index >= 15 is 0 Å². The Bertz CT molecular complexity index is 620. The second-order valence-corrected chi connectivity index (χ2v) is 4.90. The average Bonchev–Trinajstić information content (AvgIpc) is 2.78. The number of fused-ring (bicyclic) bond motifs is 1. The normalized spacial score (nSPS) is 13.7. The van der Waals surface area contributed by atoms with Gasteiger partial charge in [0.15, 0.2) is 11.6 Å². The molecule has 5 nitrogen and oxygen atoms in total. The number of hydrogen-bond donors (Lipinski definition) is 1. The largest absolute Gasteiger partial charge is 0.304 e. The highest BCUT2D eigenvalue weighted by atomic mass is 32.2. The van der Waals surface area contributed by atoms with Crippen molar-refractivity contribution in [2.75, 3.05) is 0 Å². The maximum Gasteiger partial charge on any atom is 0.255 e. The summed E-state index contributed by atoms with van der Waals surface area (Å²) in [7, 11) is 0. The van der Waals surface area contributed by atoms with Crippen molar-refractivity contribution in [2.45, 2.75) is 18.4 Å². The highest BCUT2D eigenvalue weighted by Gasteiger charge is 2.18. The van der Waals surface area contributed by atoms with E-state index in [4.69, 9.17) is 0 Å². The Labute approximate surface area is 102 Å². The minimum atomic E-state index is -0.0702. The molecule has 0 saturated heterocycles. The predicted octanol–water partition coefficient (Wildman–Crippen LogP) is 1.28. The number of aromatic nitrogens is 4. The van der Waals surface area contributed by atoms with Crippen LogP contribution >= 0.6 is 11.8 Å². The average molecular weight is 246 g/mol. The van der Waals surface area contributed by atoms with Crippen LogP contribution in [0.25, 0.3) is 11.6 Å². The van der Waals surface area contributed by atoms with E-state index < -0.39 is 0 Å². The molecule has 0 amide bonds. The Balaban J connectivity index is 2.13. The van der Waals surface area contributed by atoms with Crippen molar-refractivity contribution < 1.29 is 0 Å². The standard InChI is InChI=1S/C11H10N4OS/c1-6-2-12-9(13-3-6)10-14-8-5-17-4-7(8)11(16)15-10/h2-3H,4-5H2,1H3,(H,14,15,16). The molecular formula is C11H10N4OS. The Morgan fingerprint density at radius 1 is 1.29 bits per heavy atom. The third-order valence-corrected chi connectivity index (χ3v) is 3.55. The molecule has 17 heavy (non-hydrogen) atoms. The maximum atomic E-state index is 11.8. The van der Waals surface area contributed by atoms with Crippen LogP contribution < -0.4 is 5.56 Å². The SMILES string of the molecule is Cc1cnc(-c2nc3c(c(=O)[nH]2)CSC3)nc1. The van der Waals surface area contributed by atoms with E-state index in [0.29, 0.717) is 11.6 Å². The fourth-order valence-electron chi connectivity index (χ4n) is 1.68. The van der Waals surface area contributed by atoms with Gasteiger partial charge in [-0.25, -0.2) is 15.0 Å². The van der Waals surface area contributed by atoms with Crippen molar-refractivity contribution in [3.8, 4) is 11.6 Å². The third kappa shape index (κ3) is 1.84. The van der Waals surface area contributed by atoms with E-state index in [1.165, 1.54) is 0 Å². The molecule has 1 aliphatic heterocycles. The molecule has 6 heteroatoms. The molecule has 86 valence electrons. The molecule has 0 radical (unpaired) electrons. The van der Waals surface area contributed by atoms with Crippen LogP contribution in [0, 0.1) is 6.92 Å². The van der Waals surface area contributed by atoms with E-state index in [1.807, 2.05) is 6.92 Å². The Hall–Kier alpha value is -1.69. The monoisotopic (exact) mass is 246 g/mol. The number of aromatic amines is 1. The smallest absolute Gasteiger partial charge is 0.255 e. The first-order valence-electron chi connectivity index (χ1n) is 5.23. The highest BCUT2D eigenvalue weighted by molar-refractivity contribution is 7.98. The van der Waals surface area contributed by atoms with Gasteiger partial charge in [-0.1, -0.05) is 0 Å². The fraction of sp³-hybridized carbons (Fsp3) is 0.273. The van der Waals surface area contributed by atoms with Gasteiger partial charge in [-0.3, -0.25) is 4.79 Å². The second-order valence-electron chi connectivity index (χ2n) is 3.92. The molecule has 0 spiro atoms. The fourth-order valence-corrected chi connectivity index (χ4v) is 2.72. The molecule has 0 aromatic carbocycles. The van der Waals surface area contributed by atoms with Crippen LogP contribution in [0.5, 0.6) is 0 Å². The highest BCUT2D eigenvalue weighted by Crippen LogP contribution is 2.26. The molecule has 0 bridgehead atoms. The summed E-state index contributed by atoms with van der Waals surface area (Å²) < 4.78 is 0. The molecule has 3 rings (SSSR count). The summed E-state index contributed by atoms with van der Waals surface area (Å²) in [6.45, 7) is 1.92. The van der Waals surface area contributed by atoms with Crippen molar-refractivity contribution in [2.24, 2.45) is 0 Å². The first kappa shape index (κ1) is 10.5. The Morgan fingerprint density at radius 3 is 2.82 bits per heavy atom. The summed E-state index contributed by atoms with van der Waals surface area (Å²) in [5.41, 5.74) is 2.55. The Morgan fingerprint density at radius 2 is 2.06 bits per heavy atom. The van der Waals surface area contributed by atoms with Crippen LogP contribution in [0.15, 0.2) is 17.2 Å². The van der Waals surface area contributed by atoms with E-state index in [2.05, 4.69) is 19.9 Å². The van der Waals surface area contributed by atoms with Gasteiger partial charge in [0.1, 0.15) is 0 Å². The lowest BCUT2D eigenvalue weighted by molar-refractivity contribution is 0.994. The molecule has 0 atom stereocenters. The first-order valence-corrected chi connectivity index (χ1v) is 6.38. The Kier molecular flexibility index (Phi) is 2.44. The van der Waals surface area contributed by atoms with Gasteiger partial charge in [0.25, 0.3) is 5.56 Å². The lowest BCUT2D eigenvalue weighted by atomic mass is 10.2. The van der Waals surface area contributed by atoms with Crippen molar-refractivity contribution in [1.82, 2.24) is 19.9 Å². The molecule has 1 aliphatic rings. The molecular weight excluding hydrogens is 236 g/mol. The first-order chi connectivity index (χ1) is 8.24. The number of nitrogens with one attached hydrogen (secondary N) is 1. The number of nitrogens with zero attached hydrogens (tertiary/aromatic N) is 3. The summed E-state index contributed by atoms with van der Waals surface area (Å²) >= 11 is 1.70. The summed E-state index contributed by atoms with van der Waals surface area (Å²) in [6.07, 6.45) is 3.43. The maximum absolute atomic E-state index is 11.8. The molecule has 2 aromatic heterocycles. The van der Waals surface area contributed by atoms with E-state index in [0.717, 1.165) is 28.3 Å². The zero-order chi connectivity index (χ0) is 11.8. The van der Waals surface area contributed by atoms with Crippen molar-refractivity contribution in [3.05, 3.63) is 39.6 Å². The van der Waals surface area contributed by atoms with E-state index in [1.54, 1.807) is 24.2 Å². The lowest BCUT2D eigenvalue weighted by Gasteiger charge is -2.02. The zero-order valence-electron chi connectivity index (χ0n) is 9.23. The molecule has 0 saturated carbocycles. The third-order valence-electron chi connectivity index (χ3n) is 2.58. The van der Waals surface area contributed by atoms with Gasteiger partial charge in [0, 0.05) is 29.5 Å². The van der Waals surface area contributed by atoms with E-state index in [-0.39, 0.29) is 5.56 Å². The summed E-state index contributed by atoms with van der Waals surface area (Å²) in [6, 6.07) is 0. The van der Waals surface area contributed by atoms with E-state index in [9.17, 15) is 4.79 Å². The van der Waals surface area contributed by atoms with Crippen LogP contribution in [0.4, 0.5) is 0 Å². The molecule has 0 aliphatic carbocycles. The minimum Gasteiger partial charge on any atom is -0.304 e. The van der Waals surface area contributed by atoms with Crippen LogP contribution in [-0.4, -0.2) is 19.9 Å². The van der Waals surface area contributed by atoms with Gasteiger partial charge in [-0.2, -0.15) is 11.8 Å². The van der Waals surface area contributed by atoms with Crippen molar-refractivity contribution in [1.29, 1.82) is 0 Å².